The van der Waals surface area contributed by atoms with Crippen LogP contribution in [0.4, 0.5) is 0 Å². The molecule has 2 amide bonds. The number of amides is 2. The summed E-state index contributed by atoms with van der Waals surface area (Å²) in [4.78, 5) is 25.4. The number of carbonyl (C=O) groups is 2. The van der Waals surface area contributed by atoms with E-state index in [0.717, 1.165) is 10.0 Å². The van der Waals surface area contributed by atoms with Gasteiger partial charge in [0.25, 0.3) is 11.8 Å². The number of nitrogens with one attached hydrogen (secondary N) is 2. The van der Waals surface area contributed by atoms with Crippen LogP contribution in [-0.4, -0.2) is 30.7 Å². The first kappa shape index (κ1) is 29.5. The SMILES string of the molecule is CCOc1cc(/C=N/NC(=O)C(NC(=O)c2ccc(Cl)c(Cl)c2)C(C)C)ccc1OCc1ccc(Br)cc1. The quantitative estimate of drug-likeness (QED) is 0.186. The van der Waals surface area contributed by atoms with Gasteiger partial charge in [0.2, 0.25) is 0 Å². The number of hydrogen-bond acceptors (Lipinski definition) is 5. The molecule has 200 valence electrons. The Hall–Kier alpha value is -3.07. The number of hydrogen-bond donors (Lipinski definition) is 2. The first-order valence-electron chi connectivity index (χ1n) is 11.9. The van der Waals surface area contributed by atoms with Crippen LogP contribution in [0.3, 0.4) is 0 Å². The molecule has 1 unspecified atom stereocenters. The van der Waals surface area contributed by atoms with Crippen LogP contribution in [0.15, 0.2) is 70.2 Å². The molecular weight excluding hydrogens is 593 g/mol. The Labute approximate surface area is 240 Å². The highest BCUT2D eigenvalue weighted by Crippen LogP contribution is 2.29. The molecule has 0 fully saturated rings. The molecule has 0 heterocycles. The van der Waals surface area contributed by atoms with Gasteiger partial charge in [-0.3, -0.25) is 9.59 Å². The highest BCUT2D eigenvalue weighted by atomic mass is 79.9. The van der Waals surface area contributed by atoms with Gasteiger partial charge < -0.3 is 14.8 Å². The zero-order valence-electron chi connectivity index (χ0n) is 21.1. The van der Waals surface area contributed by atoms with Gasteiger partial charge in [0.15, 0.2) is 11.5 Å². The topological polar surface area (TPSA) is 89.0 Å². The molecule has 38 heavy (non-hydrogen) atoms. The molecule has 10 heteroatoms. The largest absolute Gasteiger partial charge is 0.490 e. The zero-order valence-corrected chi connectivity index (χ0v) is 24.2. The van der Waals surface area contributed by atoms with Crippen molar-refractivity contribution in [2.24, 2.45) is 11.0 Å². The smallest absolute Gasteiger partial charge is 0.262 e. The number of hydrazone groups is 1. The van der Waals surface area contributed by atoms with Gasteiger partial charge in [-0.25, -0.2) is 5.43 Å². The fourth-order valence-electron chi connectivity index (χ4n) is 3.37. The van der Waals surface area contributed by atoms with E-state index in [2.05, 4.69) is 31.8 Å². The van der Waals surface area contributed by atoms with Crippen LogP contribution in [0, 0.1) is 5.92 Å². The maximum atomic E-state index is 12.8. The van der Waals surface area contributed by atoms with Crippen LogP contribution >= 0.6 is 39.1 Å². The molecule has 0 saturated heterocycles. The number of benzene rings is 3. The van der Waals surface area contributed by atoms with E-state index in [1.165, 1.54) is 18.3 Å². The molecule has 0 aromatic heterocycles. The molecule has 0 bridgehead atoms. The summed E-state index contributed by atoms with van der Waals surface area (Å²) in [7, 11) is 0. The van der Waals surface area contributed by atoms with E-state index >= 15 is 0 Å². The third-order valence-corrected chi connectivity index (χ3v) is 6.65. The minimum Gasteiger partial charge on any atom is -0.490 e. The summed E-state index contributed by atoms with van der Waals surface area (Å²) in [6.07, 6.45) is 1.50. The molecule has 0 radical (unpaired) electrons. The third-order valence-electron chi connectivity index (χ3n) is 5.38. The van der Waals surface area contributed by atoms with Crippen LogP contribution in [0.2, 0.25) is 10.0 Å². The van der Waals surface area contributed by atoms with Crippen LogP contribution in [-0.2, 0) is 11.4 Å². The van der Waals surface area contributed by atoms with Gasteiger partial charge in [0.1, 0.15) is 12.6 Å². The van der Waals surface area contributed by atoms with Gasteiger partial charge in [0, 0.05) is 10.0 Å². The van der Waals surface area contributed by atoms with Gasteiger partial charge in [-0.05, 0) is 72.5 Å². The van der Waals surface area contributed by atoms with E-state index in [0.29, 0.717) is 40.9 Å². The molecule has 1 atom stereocenters. The lowest BCUT2D eigenvalue weighted by atomic mass is 10.0. The van der Waals surface area contributed by atoms with Crippen molar-refractivity contribution in [1.82, 2.24) is 10.7 Å². The van der Waals surface area contributed by atoms with Crippen molar-refractivity contribution in [3.8, 4) is 11.5 Å². The van der Waals surface area contributed by atoms with E-state index in [-0.39, 0.29) is 10.9 Å². The molecule has 2 N–H and O–H groups in total. The average Bonchev–Trinajstić information content (AvgIpc) is 2.89. The molecule has 3 aromatic rings. The molecular formula is C28H28BrCl2N3O4. The summed E-state index contributed by atoms with van der Waals surface area (Å²) >= 11 is 15.4. The van der Waals surface area contributed by atoms with Crippen molar-refractivity contribution < 1.29 is 19.1 Å². The summed E-state index contributed by atoms with van der Waals surface area (Å²) < 4.78 is 12.7. The van der Waals surface area contributed by atoms with Gasteiger partial charge in [0.05, 0.1) is 22.9 Å². The molecule has 0 aliphatic heterocycles. The first-order chi connectivity index (χ1) is 18.2. The highest BCUT2D eigenvalue weighted by molar-refractivity contribution is 9.10. The van der Waals surface area contributed by atoms with Gasteiger partial charge in [-0.2, -0.15) is 5.10 Å². The Morgan fingerprint density at radius 3 is 2.37 bits per heavy atom. The van der Waals surface area contributed by atoms with E-state index in [4.69, 9.17) is 32.7 Å². The Morgan fingerprint density at radius 1 is 0.974 bits per heavy atom. The summed E-state index contributed by atoms with van der Waals surface area (Å²) in [5.74, 6) is 0.0731. The second-order valence-electron chi connectivity index (χ2n) is 8.61. The molecule has 7 nitrogen and oxygen atoms in total. The Balaban J connectivity index is 1.63. The van der Waals surface area contributed by atoms with E-state index in [1.54, 1.807) is 24.3 Å². The van der Waals surface area contributed by atoms with Crippen molar-refractivity contribution in [1.29, 1.82) is 0 Å². The minimum absolute atomic E-state index is 0.191. The summed E-state index contributed by atoms with van der Waals surface area (Å²) in [5.41, 5.74) is 4.52. The fraction of sp³-hybridized carbons (Fsp3) is 0.250. The van der Waals surface area contributed by atoms with E-state index in [9.17, 15) is 9.59 Å². The maximum Gasteiger partial charge on any atom is 0.262 e. The second kappa shape index (κ2) is 14.2. The highest BCUT2D eigenvalue weighted by Gasteiger charge is 2.24. The van der Waals surface area contributed by atoms with Crippen LogP contribution in [0.1, 0.15) is 42.3 Å². The number of ether oxygens (including phenoxy) is 2. The summed E-state index contributed by atoms with van der Waals surface area (Å²) in [5, 5.41) is 7.39. The molecule has 0 aliphatic rings. The lowest BCUT2D eigenvalue weighted by Gasteiger charge is -2.20. The lowest BCUT2D eigenvalue weighted by Crippen LogP contribution is -2.48. The molecule has 0 spiro atoms. The van der Waals surface area contributed by atoms with Crippen LogP contribution in [0.25, 0.3) is 0 Å². The van der Waals surface area contributed by atoms with Crippen LogP contribution < -0.4 is 20.2 Å². The Morgan fingerprint density at radius 2 is 1.71 bits per heavy atom. The minimum atomic E-state index is -0.817. The van der Waals surface area contributed by atoms with Gasteiger partial charge >= 0.3 is 0 Å². The lowest BCUT2D eigenvalue weighted by molar-refractivity contribution is -0.123. The molecule has 0 aliphatic carbocycles. The molecule has 0 saturated carbocycles. The standard InChI is InChI=1S/C28H28BrCl2N3O4/c1-4-37-25-13-19(7-12-24(25)38-16-18-5-9-21(29)10-6-18)15-32-34-28(36)26(17(2)3)33-27(35)20-8-11-22(30)23(31)14-20/h5-15,17,26H,4,16H2,1-3H3,(H,33,35)(H,34,36)/b32-15+. The van der Waals surface area contributed by atoms with Gasteiger partial charge in [-0.1, -0.05) is 65.1 Å². The van der Waals surface area contributed by atoms with Crippen molar-refractivity contribution in [2.45, 2.75) is 33.4 Å². The second-order valence-corrected chi connectivity index (χ2v) is 10.3. The van der Waals surface area contributed by atoms with E-state index < -0.39 is 17.9 Å². The first-order valence-corrected chi connectivity index (χ1v) is 13.5. The average molecular weight is 621 g/mol. The summed E-state index contributed by atoms with van der Waals surface area (Å²) in [6, 6.07) is 17.0. The number of halogens is 3. The Kier molecular flexibility index (Phi) is 11.0. The van der Waals surface area contributed by atoms with Crippen molar-refractivity contribution in [2.75, 3.05) is 6.61 Å². The van der Waals surface area contributed by atoms with Crippen molar-refractivity contribution in [3.63, 3.8) is 0 Å². The third kappa shape index (κ3) is 8.48. The normalized spacial score (nSPS) is 11.9. The fourth-order valence-corrected chi connectivity index (χ4v) is 3.93. The zero-order chi connectivity index (χ0) is 27.7. The predicted octanol–water partition coefficient (Wildman–Crippen LogP) is 6.64. The van der Waals surface area contributed by atoms with E-state index in [1.807, 2.05) is 45.0 Å². The molecule has 3 aromatic carbocycles. The van der Waals surface area contributed by atoms with Crippen molar-refractivity contribution >= 4 is 57.2 Å². The number of rotatable bonds is 11. The molecule has 3 rings (SSSR count). The van der Waals surface area contributed by atoms with Crippen molar-refractivity contribution in [3.05, 3.63) is 91.9 Å². The number of carbonyl (C=O) groups excluding carboxylic acids is 2. The maximum absolute atomic E-state index is 12.8. The Bertz CT molecular complexity index is 1300. The monoisotopic (exact) mass is 619 g/mol. The van der Waals surface area contributed by atoms with Crippen LogP contribution in [0.5, 0.6) is 11.5 Å². The predicted molar refractivity (Wildman–Crippen MR) is 154 cm³/mol. The number of nitrogens with zero attached hydrogens (tertiary/aromatic N) is 1. The summed E-state index contributed by atoms with van der Waals surface area (Å²) in [6.45, 7) is 6.38. The van der Waals surface area contributed by atoms with Gasteiger partial charge in [-0.15, -0.1) is 0 Å².